The number of fused-ring (bicyclic) bond motifs is 1. The van der Waals surface area contributed by atoms with Crippen LogP contribution in [0.25, 0.3) is 5.65 Å². The van der Waals surface area contributed by atoms with Gasteiger partial charge in [-0.3, -0.25) is 0 Å². The van der Waals surface area contributed by atoms with Gasteiger partial charge in [0.1, 0.15) is 11.4 Å². The number of rotatable bonds is 2. The van der Waals surface area contributed by atoms with Gasteiger partial charge >= 0.3 is 5.97 Å². The number of hydrogen-bond donors (Lipinski definition) is 1. The maximum absolute atomic E-state index is 11.5. The molecule has 78 valence electrons. The zero-order chi connectivity index (χ0) is 10.8. The van der Waals surface area contributed by atoms with Gasteiger partial charge in [-0.1, -0.05) is 0 Å². The minimum Gasteiger partial charge on any atom is -0.462 e. The van der Waals surface area contributed by atoms with Crippen LogP contribution in [0.15, 0.2) is 18.5 Å². The van der Waals surface area contributed by atoms with Crippen molar-refractivity contribution in [3.63, 3.8) is 0 Å². The fraction of sp³-hybridized carbons (Fsp3) is 0.222. The first-order valence-corrected chi connectivity index (χ1v) is 4.49. The summed E-state index contributed by atoms with van der Waals surface area (Å²) in [6.45, 7) is 2.06. The van der Waals surface area contributed by atoms with Crippen LogP contribution in [0.1, 0.15) is 17.3 Å². The summed E-state index contributed by atoms with van der Waals surface area (Å²) in [6.07, 6.45) is 2.92. The Labute approximate surface area is 85.7 Å². The van der Waals surface area contributed by atoms with Gasteiger partial charge in [-0.05, 0) is 13.0 Å². The van der Waals surface area contributed by atoms with Gasteiger partial charge in [0.25, 0.3) is 0 Å². The second kappa shape index (κ2) is 3.56. The monoisotopic (exact) mass is 206 g/mol. The van der Waals surface area contributed by atoms with Crippen LogP contribution in [0, 0.1) is 0 Å². The first-order chi connectivity index (χ1) is 7.24. The van der Waals surface area contributed by atoms with Crippen LogP contribution >= 0.6 is 0 Å². The van der Waals surface area contributed by atoms with E-state index in [1.807, 2.05) is 0 Å². The quantitative estimate of drug-likeness (QED) is 0.723. The van der Waals surface area contributed by atoms with Crippen LogP contribution in [0.4, 0.5) is 5.82 Å². The predicted molar refractivity (Wildman–Crippen MR) is 53.4 cm³/mol. The zero-order valence-electron chi connectivity index (χ0n) is 8.17. The molecule has 0 amide bonds. The number of ether oxygens (including phenoxy) is 1. The Morgan fingerprint density at radius 1 is 1.67 bits per heavy atom. The lowest BCUT2D eigenvalue weighted by molar-refractivity contribution is 0.0528. The van der Waals surface area contributed by atoms with E-state index in [1.54, 1.807) is 13.0 Å². The van der Waals surface area contributed by atoms with E-state index < -0.39 is 5.97 Å². The van der Waals surface area contributed by atoms with E-state index in [-0.39, 0.29) is 0 Å². The lowest BCUT2D eigenvalue weighted by atomic mass is 10.3. The summed E-state index contributed by atoms with van der Waals surface area (Å²) < 4.78 is 6.26. The molecule has 2 N–H and O–H groups in total. The Kier molecular flexibility index (Phi) is 2.24. The molecule has 0 saturated carbocycles. The molecular formula is C9H10N4O2. The molecule has 0 radical (unpaired) electrons. The number of carbonyl (C=O) groups excluding carboxylic acids is 1. The Morgan fingerprint density at radius 2 is 2.47 bits per heavy atom. The fourth-order valence-electron chi connectivity index (χ4n) is 1.26. The van der Waals surface area contributed by atoms with Gasteiger partial charge in [0.15, 0.2) is 5.65 Å². The molecule has 2 rings (SSSR count). The highest BCUT2D eigenvalue weighted by Crippen LogP contribution is 2.11. The molecule has 2 heterocycles. The lowest BCUT2D eigenvalue weighted by Gasteiger charge is -1.99. The first kappa shape index (κ1) is 9.45. The largest absolute Gasteiger partial charge is 0.462 e. The number of anilines is 1. The summed E-state index contributed by atoms with van der Waals surface area (Å²) in [5, 5.41) is 3.95. The highest BCUT2D eigenvalue weighted by molar-refractivity contribution is 5.95. The van der Waals surface area contributed by atoms with Crippen molar-refractivity contribution in [3.05, 3.63) is 24.0 Å². The van der Waals surface area contributed by atoms with E-state index in [9.17, 15) is 4.79 Å². The van der Waals surface area contributed by atoms with E-state index in [1.165, 1.54) is 16.9 Å². The molecule has 0 saturated heterocycles. The van der Waals surface area contributed by atoms with Gasteiger partial charge < -0.3 is 10.5 Å². The third kappa shape index (κ3) is 1.50. The molecule has 0 aliphatic rings. The standard InChI is InChI=1S/C9H10N4O2/c1-2-15-9(14)6-5-12-13-7(10)3-4-11-8(6)13/h3-5H,2,10H2,1H3. The van der Waals surface area contributed by atoms with Crippen LogP contribution in [0.5, 0.6) is 0 Å². The van der Waals surface area contributed by atoms with Crippen LogP contribution in [0.2, 0.25) is 0 Å². The van der Waals surface area contributed by atoms with Crippen LogP contribution in [-0.2, 0) is 4.74 Å². The van der Waals surface area contributed by atoms with Crippen molar-refractivity contribution in [1.82, 2.24) is 14.6 Å². The summed E-state index contributed by atoms with van der Waals surface area (Å²) in [5.74, 6) is -0.0128. The molecule has 0 aliphatic carbocycles. The van der Waals surface area contributed by atoms with E-state index in [2.05, 4.69) is 10.1 Å². The average molecular weight is 206 g/mol. The molecule has 0 spiro atoms. The number of carbonyl (C=O) groups is 1. The normalized spacial score (nSPS) is 10.5. The second-order valence-corrected chi connectivity index (χ2v) is 2.88. The van der Waals surface area contributed by atoms with E-state index >= 15 is 0 Å². The number of nitrogens with two attached hydrogens (primary N) is 1. The molecule has 0 atom stereocenters. The van der Waals surface area contributed by atoms with Gasteiger partial charge in [0.2, 0.25) is 0 Å². The summed E-state index contributed by atoms with van der Waals surface area (Å²) >= 11 is 0. The van der Waals surface area contributed by atoms with Gasteiger partial charge in [-0.25, -0.2) is 9.78 Å². The topological polar surface area (TPSA) is 82.5 Å². The van der Waals surface area contributed by atoms with Crippen molar-refractivity contribution in [2.24, 2.45) is 0 Å². The molecule has 2 aromatic heterocycles. The summed E-state index contributed by atoms with van der Waals surface area (Å²) in [7, 11) is 0. The van der Waals surface area contributed by atoms with Crippen molar-refractivity contribution < 1.29 is 9.53 Å². The van der Waals surface area contributed by atoms with Gasteiger partial charge in [-0.2, -0.15) is 9.61 Å². The van der Waals surface area contributed by atoms with Crippen molar-refractivity contribution in [2.75, 3.05) is 12.3 Å². The van der Waals surface area contributed by atoms with Crippen molar-refractivity contribution in [1.29, 1.82) is 0 Å². The maximum Gasteiger partial charge on any atom is 0.343 e. The highest BCUT2D eigenvalue weighted by Gasteiger charge is 2.15. The second-order valence-electron chi connectivity index (χ2n) is 2.88. The van der Waals surface area contributed by atoms with Gasteiger partial charge in [0, 0.05) is 6.20 Å². The Hall–Kier alpha value is -2.11. The van der Waals surface area contributed by atoms with Crippen molar-refractivity contribution in [2.45, 2.75) is 6.92 Å². The van der Waals surface area contributed by atoms with Crippen LogP contribution < -0.4 is 5.73 Å². The minimum atomic E-state index is -0.439. The molecule has 0 unspecified atom stereocenters. The molecular weight excluding hydrogens is 196 g/mol. The summed E-state index contributed by atoms with van der Waals surface area (Å²) in [5.41, 5.74) is 6.39. The minimum absolute atomic E-state index is 0.318. The van der Waals surface area contributed by atoms with E-state index in [4.69, 9.17) is 10.5 Å². The summed E-state index contributed by atoms with van der Waals surface area (Å²) in [4.78, 5) is 15.5. The predicted octanol–water partition coefficient (Wildman–Crippen LogP) is 0.488. The fourth-order valence-corrected chi connectivity index (χ4v) is 1.26. The molecule has 6 nitrogen and oxygen atoms in total. The third-order valence-corrected chi connectivity index (χ3v) is 1.93. The Balaban J connectivity index is 2.54. The molecule has 0 aromatic carbocycles. The number of hydrogen-bond acceptors (Lipinski definition) is 5. The number of aromatic nitrogens is 3. The first-order valence-electron chi connectivity index (χ1n) is 4.49. The van der Waals surface area contributed by atoms with Crippen LogP contribution in [-0.4, -0.2) is 27.2 Å². The lowest BCUT2D eigenvalue weighted by Crippen LogP contribution is -2.05. The number of esters is 1. The Bertz CT molecular complexity index is 506. The van der Waals surface area contributed by atoms with E-state index in [0.717, 1.165) is 0 Å². The Morgan fingerprint density at radius 3 is 3.20 bits per heavy atom. The molecule has 0 aliphatic heterocycles. The summed E-state index contributed by atoms with van der Waals surface area (Å²) in [6, 6.07) is 1.61. The highest BCUT2D eigenvalue weighted by atomic mass is 16.5. The molecule has 15 heavy (non-hydrogen) atoms. The zero-order valence-corrected chi connectivity index (χ0v) is 8.17. The van der Waals surface area contributed by atoms with Gasteiger partial charge in [0.05, 0.1) is 12.8 Å². The molecule has 6 heteroatoms. The smallest absolute Gasteiger partial charge is 0.343 e. The van der Waals surface area contributed by atoms with Crippen molar-refractivity contribution >= 4 is 17.4 Å². The number of nitrogens with zero attached hydrogens (tertiary/aromatic N) is 3. The van der Waals surface area contributed by atoms with Crippen LogP contribution in [0.3, 0.4) is 0 Å². The molecule has 0 fully saturated rings. The van der Waals surface area contributed by atoms with E-state index in [0.29, 0.717) is 23.6 Å². The van der Waals surface area contributed by atoms with Crippen molar-refractivity contribution in [3.8, 4) is 0 Å². The maximum atomic E-state index is 11.5. The average Bonchev–Trinajstić information content (AvgIpc) is 2.63. The SMILES string of the molecule is CCOC(=O)c1cnn2c(N)ccnc12. The number of nitrogen functional groups attached to an aromatic ring is 1. The molecule has 0 bridgehead atoms. The van der Waals surface area contributed by atoms with Gasteiger partial charge in [-0.15, -0.1) is 0 Å². The third-order valence-electron chi connectivity index (χ3n) is 1.93. The molecule has 2 aromatic rings.